The lowest BCUT2D eigenvalue weighted by Gasteiger charge is -2.54. The van der Waals surface area contributed by atoms with Crippen LogP contribution in [0.4, 0.5) is 0 Å². The van der Waals surface area contributed by atoms with Crippen molar-refractivity contribution >= 4 is 24.4 Å². The molecule has 0 rings (SSSR count). The Balaban J connectivity index is 0. The summed E-state index contributed by atoms with van der Waals surface area (Å²) in [5.74, 6) is -0.935. The largest absolute Gasteiger partial charge is 0.478 e. The molecule has 0 radical (unpaired) electrons. The van der Waals surface area contributed by atoms with Crippen LogP contribution >= 0.6 is 0 Å². The van der Waals surface area contributed by atoms with Crippen LogP contribution in [0, 0.1) is 0 Å². The van der Waals surface area contributed by atoms with Crippen molar-refractivity contribution in [2.24, 2.45) is 0 Å². The molecule has 0 bridgehead atoms. The molecule has 0 aromatic carbocycles. The highest BCUT2D eigenvalue weighted by molar-refractivity contribution is 6.74. The van der Waals surface area contributed by atoms with E-state index in [9.17, 15) is 4.79 Å². The van der Waals surface area contributed by atoms with Crippen molar-refractivity contribution in [3.05, 3.63) is 12.2 Å². The summed E-state index contributed by atoms with van der Waals surface area (Å²) in [6, 6.07) is 0. The molecule has 20 heavy (non-hydrogen) atoms. The average molecular weight is 318 g/mol. The Morgan fingerprint density at radius 3 is 1.60 bits per heavy atom. The number of hydrogen-bond acceptors (Lipinski definition) is 2. The summed E-state index contributed by atoms with van der Waals surface area (Å²) in [6.45, 7) is 23.8. The summed E-state index contributed by atoms with van der Waals surface area (Å²) in [7, 11) is 0.0440. The third kappa shape index (κ3) is 8.02. The molecular formula is C15H35NO2Si2. The molecule has 0 amide bonds. The van der Waals surface area contributed by atoms with E-state index in [0.29, 0.717) is 10.7 Å². The van der Waals surface area contributed by atoms with E-state index >= 15 is 0 Å². The molecule has 5 heteroatoms. The lowest BCUT2D eigenvalue weighted by atomic mass is 10.1. The third-order valence-electron chi connectivity index (χ3n) is 3.18. The Hall–Kier alpha value is -0.396. The van der Waals surface area contributed by atoms with Crippen LogP contribution in [0.25, 0.3) is 0 Å². The fraction of sp³-hybridized carbons (Fsp3) is 0.800. The van der Waals surface area contributed by atoms with Gasteiger partial charge in [0, 0.05) is 21.4 Å². The molecule has 0 aromatic heterocycles. The van der Waals surface area contributed by atoms with E-state index < -0.39 is 14.2 Å². The second-order valence-corrected chi connectivity index (χ2v) is 14.9. The minimum atomic E-state index is -1.21. The Bertz CT molecular complexity index is 313. The number of hydrogen-bond donors (Lipinski definition) is 1. The maximum atomic E-state index is 9.60. The van der Waals surface area contributed by atoms with Crippen LogP contribution in [-0.2, 0) is 4.79 Å². The number of aliphatic carboxylic acids is 1. The SMILES string of the molecule is C=C(C)C(=O)O.CCC(C)([SiH3])N(C(C)(C)C)[Si](C)(C)C. The van der Waals surface area contributed by atoms with Crippen molar-refractivity contribution in [3.8, 4) is 0 Å². The zero-order chi connectivity index (χ0) is 16.9. The van der Waals surface area contributed by atoms with E-state index in [-0.39, 0.29) is 5.57 Å². The van der Waals surface area contributed by atoms with Gasteiger partial charge in [-0.3, -0.25) is 0 Å². The van der Waals surface area contributed by atoms with Crippen molar-refractivity contribution in [2.45, 2.75) is 78.3 Å². The van der Waals surface area contributed by atoms with Crippen LogP contribution in [-0.4, -0.2) is 44.8 Å². The van der Waals surface area contributed by atoms with Crippen LogP contribution in [0.15, 0.2) is 12.2 Å². The van der Waals surface area contributed by atoms with E-state index in [0.717, 1.165) is 0 Å². The number of carbonyl (C=O) groups is 1. The van der Waals surface area contributed by atoms with Gasteiger partial charge in [-0.05, 0) is 39.3 Å². The van der Waals surface area contributed by atoms with Crippen LogP contribution in [0.3, 0.4) is 0 Å². The van der Waals surface area contributed by atoms with Crippen molar-refractivity contribution in [3.63, 3.8) is 0 Å². The molecule has 0 heterocycles. The topological polar surface area (TPSA) is 40.5 Å². The van der Waals surface area contributed by atoms with Crippen molar-refractivity contribution in [1.29, 1.82) is 0 Å². The van der Waals surface area contributed by atoms with Crippen LogP contribution in [0.1, 0.15) is 48.0 Å². The van der Waals surface area contributed by atoms with E-state index in [1.165, 1.54) is 23.6 Å². The minimum absolute atomic E-state index is 0.176. The van der Waals surface area contributed by atoms with Gasteiger partial charge in [-0.25, -0.2) is 4.79 Å². The maximum Gasteiger partial charge on any atom is 0.330 e. The fourth-order valence-corrected chi connectivity index (χ4v) is 9.65. The van der Waals surface area contributed by atoms with Gasteiger partial charge < -0.3 is 9.67 Å². The first-order valence-corrected chi connectivity index (χ1v) is 11.7. The molecule has 3 nitrogen and oxygen atoms in total. The first-order chi connectivity index (χ1) is 8.57. The highest BCUT2D eigenvalue weighted by Gasteiger charge is 2.41. The standard InChI is InChI=1S/C11H29NSi2.C4H6O2/c1-9-11(5,13)12(10(2,3)4)14(6,7)8;1-3(2)4(5)6/h9H2,1-8,13H3;1H2,2H3,(H,5,6). The molecular weight excluding hydrogens is 282 g/mol. The summed E-state index contributed by atoms with van der Waals surface area (Å²) in [4.78, 5) is 9.60. The third-order valence-corrected chi connectivity index (χ3v) is 7.40. The highest BCUT2D eigenvalue weighted by atomic mass is 28.3. The van der Waals surface area contributed by atoms with Gasteiger partial charge in [0.05, 0.1) is 0 Å². The summed E-state index contributed by atoms with van der Waals surface area (Å²) in [5.41, 5.74) is 0.492. The average Bonchev–Trinajstić information content (AvgIpc) is 2.12. The zero-order valence-electron chi connectivity index (χ0n) is 15.2. The Kier molecular flexibility index (Phi) is 8.28. The van der Waals surface area contributed by atoms with E-state index in [1.807, 2.05) is 0 Å². The minimum Gasteiger partial charge on any atom is -0.478 e. The number of carboxylic acids is 1. The van der Waals surface area contributed by atoms with Gasteiger partial charge in [0.1, 0.15) is 8.24 Å². The molecule has 0 aliphatic heterocycles. The van der Waals surface area contributed by atoms with Gasteiger partial charge in [-0.15, -0.1) is 0 Å². The molecule has 1 unspecified atom stereocenters. The molecule has 1 atom stereocenters. The normalized spacial score (nSPS) is 15.3. The van der Waals surface area contributed by atoms with E-state index in [2.05, 4.69) is 65.4 Å². The number of carboxylic acid groups (broad SMARTS) is 1. The van der Waals surface area contributed by atoms with E-state index in [1.54, 1.807) is 0 Å². The van der Waals surface area contributed by atoms with Gasteiger partial charge in [0.2, 0.25) is 0 Å². The predicted molar refractivity (Wildman–Crippen MR) is 96.0 cm³/mol. The quantitative estimate of drug-likeness (QED) is 0.640. The monoisotopic (exact) mass is 317 g/mol. The molecule has 1 N–H and O–H groups in total. The summed E-state index contributed by atoms with van der Waals surface area (Å²) in [5, 5.41) is 8.35. The Morgan fingerprint density at radius 2 is 1.55 bits per heavy atom. The summed E-state index contributed by atoms with van der Waals surface area (Å²) >= 11 is 0. The van der Waals surface area contributed by atoms with Gasteiger partial charge in [-0.1, -0.05) is 40.1 Å². The maximum absolute atomic E-state index is 9.60. The molecule has 0 aliphatic rings. The second kappa shape index (κ2) is 7.57. The first-order valence-electron chi connectivity index (χ1n) is 7.26. The number of nitrogens with zero attached hydrogens (tertiary/aromatic N) is 1. The van der Waals surface area contributed by atoms with Crippen LogP contribution in [0.2, 0.25) is 19.6 Å². The number of rotatable bonds is 4. The first kappa shape index (κ1) is 21.9. The lowest BCUT2D eigenvalue weighted by molar-refractivity contribution is -0.132. The molecule has 0 saturated carbocycles. The van der Waals surface area contributed by atoms with Gasteiger partial charge in [-0.2, -0.15) is 0 Å². The molecule has 0 aliphatic carbocycles. The second-order valence-electron chi connectivity index (χ2n) is 7.93. The van der Waals surface area contributed by atoms with Gasteiger partial charge in [0.15, 0.2) is 0 Å². The molecule has 0 aromatic rings. The van der Waals surface area contributed by atoms with Crippen molar-refractivity contribution in [1.82, 2.24) is 4.57 Å². The smallest absolute Gasteiger partial charge is 0.330 e. The van der Waals surface area contributed by atoms with Gasteiger partial charge in [0.25, 0.3) is 0 Å². The highest BCUT2D eigenvalue weighted by Crippen LogP contribution is 2.31. The molecule has 120 valence electrons. The Labute approximate surface area is 130 Å². The molecule has 0 spiro atoms. The van der Waals surface area contributed by atoms with Crippen molar-refractivity contribution in [2.75, 3.05) is 0 Å². The summed E-state index contributed by atoms with van der Waals surface area (Å²) < 4.78 is 2.82. The lowest BCUT2D eigenvalue weighted by Crippen LogP contribution is -2.66. The fourth-order valence-electron chi connectivity index (χ4n) is 2.98. The van der Waals surface area contributed by atoms with E-state index in [4.69, 9.17) is 5.11 Å². The molecule has 0 fully saturated rings. The van der Waals surface area contributed by atoms with Gasteiger partial charge >= 0.3 is 5.97 Å². The predicted octanol–water partition coefficient (Wildman–Crippen LogP) is 3.06. The zero-order valence-corrected chi connectivity index (χ0v) is 18.2. The Morgan fingerprint density at radius 1 is 1.25 bits per heavy atom. The molecule has 0 saturated heterocycles. The van der Waals surface area contributed by atoms with Crippen molar-refractivity contribution < 1.29 is 9.90 Å². The van der Waals surface area contributed by atoms with Crippen LogP contribution < -0.4 is 0 Å². The summed E-state index contributed by atoms with van der Waals surface area (Å²) in [6.07, 6.45) is 1.28. The van der Waals surface area contributed by atoms with Crippen LogP contribution in [0.5, 0.6) is 0 Å².